The summed E-state index contributed by atoms with van der Waals surface area (Å²) in [4.78, 5) is 18.7. The van der Waals surface area contributed by atoms with Crippen LogP contribution >= 0.6 is 11.3 Å². The summed E-state index contributed by atoms with van der Waals surface area (Å²) in [5, 5.41) is 1.81. The van der Waals surface area contributed by atoms with Gasteiger partial charge in [-0.05, 0) is 18.4 Å². The molecule has 1 atom stereocenters. The monoisotopic (exact) mass is 302 g/mol. The molecule has 1 saturated heterocycles. The Balaban J connectivity index is 1.71. The summed E-state index contributed by atoms with van der Waals surface area (Å²) in [6.45, 7) is 2.07. The van der Waals surface area contributed by atoms with Crippen molar-refractivity contribution in [2.75, 3.05) is 19.8 Å². The van der Waals surface area contributed by atoms with Crippen molar-refractivity contribution in [1.29, 1.82) is 0 Å². The minimum atomic E-state index is 0.0164. The predicted octanol–water partition coefficient (Wildman–Crippen LogP) is 2.62. The van der Waals surface area contributed by atoms with E-state index in [9.17, 15) is 4.79 Å². The van der Waals surface area contributed by atoms with Gasteiger partial charge in [-0.1, -0.05) is 30.3 Å². The number of nitrogens with zero attached hydrogens (tertiary/aromatic N) is 2. The largest absolute Gasteiger partial charge is 0.379 e. The summed E-state index contributed by atoms with van der Waals surface area (Å²) in [5.74, 6) is 0.0164. The van der Waals surface area contributed by atoms with Gasteiger partial charge in [-0.2, -0.15) is 0 Å². The van der Waals surface area contributed by atoms with Crippen molar-refractivity contribution in [3.05, 3.63) is 52.5 Å². The van der Waals surface area contributed by atoms with Gasteiger partial charge >= 0.3 is 0 Å². The van der Waals surface area contributed by atoms with Crippen molar-refractivity contribution in [3.8, 4) is 0 Å². The number of amides is 1. The first-order valence-electron chi connectivity index (χ1n) is 7.15. The number of thiazole rings is 1. The summed E-state index contributed by atoms with van der Waals surface area (Å²) in [5.41, 5.74) is 3.49. The van der Waals surface area contributed by atoms with Gasteiger partial charge in [0, 0.05) is 18.5 Å². The summed E-state index contributed by atoms with van der Waals surface area (Å²) in [6, 6.07) is 10.4. The summed E-state index contributed by atoms with van der Waals surface area (Å²) < 4.78 is 5.45. The van der Waals surface area contributed by atoms with Crippen LogP contribution in [-0.4, -0.2) is 41.6 Å². The van der Waals surface area contributed by atoms with Crippen LogP contribution in [0.2, 0.25) is 0 Å². The Bertz CT molecular complexity index is 565. The molecular formula is C16H18N2O2S. The molecule has 0 aliphatic carbocycles. The fraction of sp³-hybridized carbons (Fsp3) is 0.375. The first-order chi connectivity index (χ1) is 10.3. The summed E-state index contributed by atoms with van der Waals surface area (Å²) in [7, 11) is 0. The molecule has 4 nitrogen and oxygen atoms in total. The third-order valence-corrected chi connectivity index (χ3v) is 4.33. The molecular weight excluding hydrogens is 284 g/mol. The van der Waals surface area contributed by atoms with Gasteiger partial charge in [0.1, 0.15) is 5.69 Å². The highest BCUT2D eigenvalue weighted by molar-refractivity contribution is 7.07. The van der Waals surface area contributed by atoms with E-state index in [1.807, 2.05) is 28.5 Å². The molecule has 1 unspecified atom stereocenters. The Hall–Kier alpha value is -1.72. The van der Waals surface area contributed by atoms with E-state index >= 15 is 0 Å². The molecule has 21 heavy (non-hydrogen) atoms. The van der Waals surface area contributed by atoms with E-state index < -0.39 is 0 Å². The standard InChI is InChI=1S/C16H18N2O2S/c19-16(15-11-21-12-17-15)18(14-7-9-20-10-14)8-6-13-4-2-1-3-5-13/h1-5,11-12,14H,6-10H2. The maximum atomic E-state index is 12.6. The number of rotatable bonds is 5. The first kappa shape index (κ1) is 14.2. The van der Waals surface area contributed by atoms with E-state index in [0.29, 0.717) is 18.8 Å². The lowest BCUT2D eigenvalue weighted by Gasteiger charge is -2.27. The summed E-state index contributed by atoms with van der Waals surface area (Å²) >= 11 is 1.45. The zero-order valence-electron chi connectivity index (χ0n) is 11.8. The Kier molecular flexibility index (Phi) is 4.62. The van der Waals surface area contributed by atoms with Gasteiger partial charge in [0.15, 0.2) is 0 Å². The first-order valence-corrected chi connectivity index (χ1v) is 8.09. The van der Waals surface area contributed by atoms with Crippen LogP contribution in [0, 0.1) is 0 Å². The molecule has 0 bridgehead atoms. The fourth-order valence-electron chi connectivity index (χ4n) is 2.58. The van der Waals surface area contributed by atoms with E-state index in [-0.39, 0.29) is 11.9 Å². The molecule has 2 heterocycles. The average Bonchev–Trinajstić information content (AvgIpc) is 3.22. The van der Waals surface area contributed by atoms with Crippen LogP contribution in [0.25, 0.3) is 0 Å². The molecule has 1 amide bonds. The molecule has 110 valence electrons. The number of hydrogen-bond acceptors (Lipinski definition) is 4. The van der Waals surface area contributed by atoms with Gasteiger partial charge in [-0.3, -0.25) is 4.79 Å². The van der Waals surface area contributed by atoms with Gasteiger partial charge in [-0.15, -0.1) is 11.3 Å². The van der Waals surface area contributed by atoms with Crippen LogP contribution in [-0.2, 0) is 11.2 Å². The molecule has 0 saturated carbocycles. The van der Waals surface area contributed by atoms with Gasteiger partial charge in [-0.25, -0.2) is 4.98 Å². The third kappa shape index (κ3) is 3.49. The van der Waals surface area contributed by atoms with Crippen LogP contribution < -0.4 is 0 Å². The molecule has 3 rings (SSSR count). The Morgan fingerprint density at radius 3 is 2.90 bits per heavy atom. The zero-order chi connectivity index (χ0) is 14.5. The zero-order valence-corrected chi connectivity index (χ0v) is 12.6. The van der Waals surface area contributed by atoms with Crippen LogP contribution in [0.1, 0.15) is 22.5 Å². The second kappa shape index (κ2) is 6.83. The fourth-order valence-corrected chi connectivity index (χ4v) is 3.10. The minimum absolute atomic E-state index is 0.0164. The molecule has 1 fully saturated rings. The number of aromatic nitrogens is 1. The molecule has 1 aliphatic heterocycles. The van der Waals surface area contributed by atoms with Gasteiger partial charge in [0.25, 0.3) is 5.91 Å². The smallest absolute Gasteiger partial charge is 0.273 e. The van der Waals surface area contributed by atoms with E-state index in [1.54, 1.807) is 5.51 Å². The Morgan fingerprint density at radius 2 is 2.24 bits per heavy atom. The van der Waals surface area contributed by atoms with Crippen LogP contribution in [0.3, 0.4) is 0 Å². The van der Waals surface area contributed by atoms with Crippen LogP contribution in [0.5, 0.6) is 0 Å². The van der Waals surface area contributed by atoms with Crippen molar-refractivity contribution in [3.63, 3.8) is 0 Å². The second-order valence-electron chi connectivity index (χ2n) is 5.13. The SMILES string of the molecule is O=C(c1cscn1)N(CCc1ccccc1)C1CCOC1. The van der Waals surface area contributed by atoms with Crippen molar-refractivity contribution in [1.82, 2.24) is 9.88 Å². The van der Waals surface area contributed by atoms with E-state index in [4.69, 9.17) is 4.74 Å². The number of hydrogen-bond donors (Lipinski definition) is 0. The maximum Gasteiger partial charge on any atom is 0.273 e. The lowest BCUT2D eigenvalue weighted by molar-refractivity contribution is 0.0651. The van der Waals surface area contributed by atoms with Gasteiger partial charge < -0.3 is 9.64 Å². The average molecular weight is 302 g/mol. The van der Waals surface area contributed by atoms with Crippen molar-refractivity contribution < 1.29 is 9.53 Å². The molecule has 0 spiro atoms. The summed E-state index contributed by atoms with van der Waals surface area (Å²) in [6.07, 6.45) is 1.76. The van der Waals surface area contributed by atoms with Crippen molar-refractivity contribution in [2.45, 2.75) is 18.9 Å². The van der Waals surface area contributed by atoms with E-state index in [2.05, 4.69) is 17.1 Å². The molecule has 0 radical (unpaired) electrons. The topological polar surface area (TPSA) is 42.4 Å². The highest BCUT2D eigenvalue weighted by Gasteiger charge is 2.28. The maximum absolute atomic E-state index is 12.6. The highest BCUT2D eigenvalue weighted by atomic mass is 32.1. The van der Waals surface area contributed by atoms with Gasteiger partial charge in [0.05, 0.1) is 18.2 Å². The van der Waals surface area contributed by atoms with E-state index in [0.717, 1.165) is 19.4 Å². The quantitative estimate of drug-likeness (QED) is 0.852. The molecule has 1 aliphatic rings. The number of benzene rings is 1. The number of carbonyl (C=O) groups is 1. The normalized spacial score (nSPS) is 17.8. The number of carbonyl (C=O) groups excluding carboxylic acids is 1. The van der Waals surface area contributed by atoms with Gasteiger partial charge in [0.2, 0.25) is 0 Å². The van der Waals surface area contributed by atoms with Crippen LogP contribution in [0.15, 0.2) is 41.2 Å². The Labute approximate surface area is 128 Å². The highest BCUT2D eigenvalue weighted by Crippen LogP contribution is 2.17. The molecule has 1 aromatic carbocycles. The molecule has 2 aromatic rings. The molecule has 0 N–H and O–H groups in total. The third-order valence-electron chi connectivity index (χ3n) is 3.74. The second-order valence-corrected chi connectivity index (χ2v) is 5.84. The molecule has 1 aromatic heterocycles. The lowest BCUT2D eigenvalue weighted by atomic mass is 10.1. The van der Waals surface area contributed by atoms with Crippen molar-refractivity contribution >= 4 is 17.2 Å². The predicted molar refractivity (Wildman–Crippen MR) is 82.5 cm³/mol. The Morgan fingerprint density at radius 1 is 1.38 bits per heavy atom. The van der Waals surface area contributed by atoms with E-state index in [1.165, 1.54) is 16.9 Å². The van der Waals surface area contributed by atoms with Crippen LogP contribution in [0.4, 0.5) is 0 Å². The van der Waals surface area contributed by atoms with Crippen molar-refractivity contribution in [2.24, 2.45) is 0 Å². The minimum Gasteiger partial charge on any atom is -0.379 e. The lowest BCUT2D eigenvalue weighted by Crippen LogP contribution is -2.42. The molecule has 5 heteroatoms. The number of ether oxygens (including phenoxy) is 1.